The van der Waals surface area contributed by atoms with Gasteiger partial charge in [0.15, 0.2) is 0 Å². The molecular formula is C22H19N7O2. The molecule has 0 atom stereocenters. The van der Waals surface area contributed by atoms with Crippen molar-refractivity contribution in [1.29, 1.82) is 0 Å². The average molecular weight is 413 g/mol. The van der Waals surface area contributed by atoms with Crippen LogP contribution in [0.3, 0.4) is 0 Å². The van der Waals surface area contributed by atoms with Gasteiger partial charge < -0.3 is 24.8 Å². The van der Waals surface area contributed by atoms with Gasteiger partial charge in [-0.2, -0.15) is 0 Å². The van der Waals surface area contributed by atoms with Gasteiger partial charge in [0.2, 0.25) is 11.8 Å². The van der Waals surface area contributed by atoms with Crippen molar-refractivity contribution in [2.45, 2.75) is 13.1 Å². The minimum Gasteiger partial charge on any atom is -0.355 e. The molecule has 3 heterocycles. The van der Waals surface area contributed by atoms with Crippen molar-refractivity contribution in [3.63, 3.8) is 0 Å². The van der Waals surface area contributed by atoms with Crippen LogP contribution in [0, 0.1) is 0 Å². The number of aromatic amines is 1. The van der Waals surface area contributed by atoms with Crippen molar-refractivity contribution in [2.75, 3.05) is 10.6 Å². The summed E-state index contributed by atoms with van der Waals surface area (Å²) in [5.41, 5.74) is 3.30. The molecule has 3 aromatic heterocycles. The fourth-order valence-electron chi connectivity index (χ4n) is 3.55. The molecule has 2 amide bonds. The number of carbonyl (C=O) groups is 2. The van der Waals surface area contributed by atoms with Gasteiger partial charge in [0.25, 0.3) is 0 Å². The third kappa shape index (κ3) is 4.01. The van der Waals surface area contributed by atoms with Crippen LogP contribution in [-0.4, -0.2) is 35.9 Å². The molecule has 0 radical (unpaired) electrons. The smallest absolute Gasteiger partial charge is 0.244 e. The Balaban J connectivity index is 1.37. The van der Waals surface area contributed by atoms with Crippen LogP contribution >= 0.6 is 0 Å². The number of benzene rings is 2. The van der Waals surface area contributed by atoms with Crippen molar-refractivity contribution < 1.29 is 9.59 Å². The molecule has 31 heavy (non-hydrogen) atoms. The molecule has 5 rings (SSSR count). The van der Waals surface area contributed by atoms with E-state index in [0.717, 1.165) is 21.8 Å². The zero-order valence-corrected chi connectivity index (χ0v) is 16.4. The number of carbonyl (C=O) groups excluding carboxylic acids is 2. The Morgan fingerprint density at radius 3 is 1.68 bits per heavy atom. The number of fused-ring (bicyclic) bond motifs is 3. The molecule has 0 unspecified atom stereocenters. The number of aromatic nitrogens is 5. The summed E-state index contributed by atoms with van der Waals surface area (Å²) in [4.78, 5) is 35.9. The highest BCUT2D eigenvalue weighted by atomic mass is 16.2. The fourth-order valence-corrected chi connectivity index (χ4v) is 3.55. The summed E-state index contributed by atoms with van der Waals surface area (Å²) in [6.07, 6.45) is 9.96. The van der Waals surface area contributed by atoms with E-state index < -0.39 is 0 Å². The van der Waals surface area contributed by atoms with Crippen LogP contribution in [0.4, 0.5) is 11.4 Å². The molecule has 0 fully saturated rings. The van der Waals surface area contributed by atoms with Gasteiger partial charge in [-0.25, -0.2) is 9.97 Å². The number of nitrogens with one attached hydrogen (secondary N) is 3. The van der Waals surface area contributed by atoms with Gasteiger partial charge >= 0.3 is 0 Å². The second-order valence-corrected chi connectivity index (χ2v) is 7.21. The molecule has 9 heteroatoms. The standard InChI is InChI=1S/C22H19N7O2/c30-21(11-28-7-5-23-13-28)25-15-1-3-19-17(9-15)18-10-16(2-4-20(18)27-19)26-22(31)12-29-8-6-24-14-29/h1-10,13-14,27H,11-12H2,(H,25,30)(H,26,31). The molecule has 0 saturated heterocycles. The normalized spacial score (nSPS) is 11.1. The Morgan fingerprint density at radius 1 is 0.774 bits per heavy atom. The average Bonchev–Trinajstić information content (AvgIpc) is 3.49. The second kappa shape index (κ2) is 7.79. The Morgan fingerprint density at radius 2 is 1.26 bits per heavy atom. The number of nitrogens with zero attached hydrogens (tertiary/aromatic N) is 4. The zero-order valence-electron chi connectivity index (χ0n) is 16.4. The Labute approximate surface area is 176 Å². The van der Waals surface area contributed by atoms with Crippen molar-refractivity contribution in [1.82, 2.24) is 24.1 Å². The molecular weight excluding hydrogens is 394 g/mol. The van der Waals surface area contributed by atoms with Crippen molar-refractivity contribution in [3.05, 3.63) is 73.8 Å². The maximum atomic E-state index is 12.3. The minimum absolute atomic E-state index is 0.135. The van der Waals surface area contributed by atoms with Gasteiger partial charge in [-0.3, -0.25) is 9.59 Å². The van der Waals surface area contributed by atoms with E-state index in [4.69, 9.17) is 0 Å². The van der Waals surface area contributed by atoms with Crippen molar-refractivity contribution in [2.24, 2.45) is 0 Å². The maximum Gasteiger partial charge on any atom is 0.244 e. The summed E-state index contributed by atoms with van der Waals surface area (Å²) in [5.74, 6) is -0.269. The van der Waals surface area contributed by atoms with E-state index in [1.807, 2.05) is 36.4 Å². The summed E-state index contributed by atoms with van der Waals surface area (Å²) in [6, 6.07) is 11.4. The van der Waals surface area contributed by atoms with E-state index in [0.29, 0.717) is 11.4 Å². The summed E-state index contributed by atoms with van der Waals surface area (Å²) >= 11 is 0. The topological polar surface area (TPSA) is 110 Å². The molecule has 0 spiro atoms. The summed E-state index contributed by atoms with van der Waals surface area (Å²) in [7, 11) is 0. The lowest BCUT2D eigenvalue weighted by Crippen LogP contribution is -2.17. The predicted octanol–water partition coefficient (Wildman–Crippen LogP) is 2.99. The number of imidazole rings is 2. The lowest BCUT2D eigenvalue weighted by atomic mass is 10.1. The molecule has 2 aromatic carbocycles. The number of amides is 2. The van der Waals surface area contributed by atoms with Crippen LogP contribution in [0.1, 0.15) is 0 Å². The van der Waals surface area contributed by atoms with Crippen LogP contribution in [0.25, 0.3) is 21.8 Å². The van der Waals surface area contributed by atoms with Gasteiger partial charge in [-0.1, -0.05) is 0 Å². The first kappa shape index (κ1) is 18.6. The number of rotatable bonds is 6. The van der Waals surface area contributed by atoms with E-state index in [2.05, 4.69) is 25.6 Å². The lowest BCUT2D eigenvalue weighted by molar-refractivity contribution is -0.117. The molecule has 3 N–H and O–H groups in total. The summed E-state index contributed by atoms with van der Waals surface area (Å²) < 4.78 is 3.41. The van der Waals surface area contributed by atoms with Crippen LogP contribution in [-0.2, 0) is 22.7 Å². The van der Waals surface area contributed by atoms with E-state index in [1.54, 1.807) is 46.6 Å². The van der Waals surface area contributed by atoms with Crippen LogP contribution in [0.5, 0.6) is 0 Å². The monoisotopic (exact) mass is 413 g/mol. The highest BCUT2D eigenvalue weighted by Crippen LogP contribution is 2.30. The van der Waals surface area contributed by atoms with Gasteiger partial charge in [-0.15, -0.1) is 0 Å². The van der Waals surface area contributed by atoms with Gasteiger partial charge in [0, 0.05) is 58.0 Å². The number of anilines is 2. The number of hydrogen-bond acceptors (Lipinski definition) is 4. The Hall–Kier alpha value is -4.40. The maximum absolute atomic E-state index is 12.3. The molecule has 0 bridgehead atoms. The zero-order chi connectivity index (χ0) is 21.2. The second-order valence-electron chi connectivity index (χ2n) is 7.21. The minimum atomic E-state index is -0.135. The Bertz CT molecular complexity index is 1260. The highest BCUT2D eigenvalue weighted by Gasteiger charge is 2.10. The first-order valence-corrected chi connectivity index (χ1v) is 9.71. The fraction of sp³-hybridized carbons (Fsp3) is 0.0909. The SMILES string of the molecule is O=C(Cn1ccnc1)Nc1ccc2[nH]c3ccc(NC(=O)Cn4ccnc4)cc3c2c1. The van der Waals surface area contributed by atoms with E-state index >= 15 is 0 Å². The molecule has 0 saturated carbocycles. The molecule has 0 aliphatic carbocycles. The van der Waals surface area contributed by atoms with E-state index in [9.17, 15) is 9.59 Å². The first-order chi connectivity index (χ1) is 15.1. The third-order valence-electron chi connectivity index (χ3n) is 4.94. The summed E-state index contributed by atoms with van der Waals surface area (Å²) in [5, 5.41) is 7.76. The molecule has 154 valence electrons. The number of hydrogen-bond donors (Lipinski definition) is 3. The van der Waals surface area contributed by atoms with Crippen LogP contribution in [0.2, 0.25) is 0 Å². The van der Waals surface area contributed by atoms with Crippen molar-refractivity contribution in [3.8, 4) is 0 Å². The van der Waals surface area contributed by atoms with Gasteiger partial charge in [0.05, 0.1) is 12.7 Å². The van der Waals surface area contributed by atoms with Crippen LogP contribution in [0.15, 0.2) is 73.8 Å². The molecule has 0 aliphatic heterocycles. The lowest BCUT2D eigenvalue weighted by Gasteiger charge is -2.07. The largest absolute Gasteiger partial charge is 0.355 e. The van der Waals surface area contributed by atoms with Crippen LogP contribution < -0.4 is 10.6 Å². The first-order valence-electron chi connectivity index (χ1n) is 9.71. The van der Waals surface area contributed by atoms with E-state index in [1.165, 1.54) is 0 Å². The predicted molar refractivity (Wildman–Crippen MR) is 118 cm³/mol. The number of H-pyrrole nitrogens is 1. The molecule has 0 aliphatic rings. The van der Waals surface area contributed by atoms with E-state index in [-0.39, 0.29) is 24.9 Å². The quantitative estimate of drug-likeness (QED) is 0.397. The van der Waals surface area contributed by atoms with Crippen molar-refractivity contribution >= 4 is 45.0 Å². The Kier molecular flexibility index (Phi) is 4.68. The summed E-state index contributed by atoms with van der Waals surface area (Å²) in [6.45, 7) is 0.387. The molecule has 9 nitrogen and oxygen atoms in total. The third-order valence-corrected chi connectivity index (χ3v) is 4.94. The highest BCUT2D eigenvalue weighted by molar-refractivity contribution is 6.10. The van der Waals surface area contributed by atoms with Gasteiger partial charge in [0.1, 0.15) is 13.1 Å². The molecule has 5 aromatic rings. The van der Waals surface area contributed by atoms with Gasteiger partial charge in [-0.05, 0) is 36.4 Å².